The molecule has 0 aliphatic heterocycles. The SMILES string of the molecule is Cc1ccc(C)c(N(Cc2cc3ccccc3[nH]c2=O)C(=O)C(C)(C)C)c1. The van der Waals surface area contributed by atoms with Gasteiger partial charge >= 0.3 is 0 Å². The zero-order chi connectivity index (χ0) is 19.8. The number of benzene rings is 2. The summed E-state index contributed by atoms with van der Waals surface area (Å²) < 4.78 is 0. The number of rotatable bonds is 3. The molecule has 4 heteroatoms. The van der Waals surface area contributed by atoms with E-state index in [1.54, 1.807) is 4.90 Å². The predicted molar refractivity (Wildman–Crippen MR) is 111 cm³/mol. The van der Waals surface area contributed by atoms with Crippen molar-refractivity contribution in [2.24, 2.45) is 5.41 Å². The minimum atomic E-state index is -0.556. The molecule has 0 saturated carbocycles. The summed E-state index contributed by atoms with van der Waals surface area (Å²) in [6.45, 7) is 9.93. The second-order valence-electron chi connectivity index (χ2n) is 8.14. The Morgan fingerprint density at radius 3 is 2.44 bits per heavy atom. The molecule has 0 saturated heterocycles. The van der Waals surface area contributed by atoms with Gasteiger partial charge in [0, 0.05) is 22.2 Å². The number of pyridine rings is 1. The summed E-state index contributed by atoms with van der Waals surface area (Å²) in [4.78, 5) is 30.5. The molecule has 0 bridgehead atoms. The van der Waals surface area contributed by atoms with E-state index in [4.69, 9.17) is 0 Å². The first-order chi connectivity index (χ1) is 12.7. The van der Waals surface area contributed by atoms with Gasteiger partial charge in [-0.05, 0) is 48.6 Å². The number of nitrogens with one attached hydrogen (secondary N) is 1. The number of nitrogens with zero attached hydrogens (tertiary/aromatic N) is 1. The smallest absolute Gasteiger partial charge is 0.253 e. The van der Waals surface area contributed by atoms with Crippen molar-refractivity contribution in [3.63, 3.8) is 0 Å². The van der Waals surface area contributed by atoms with Crippen LogP contribution in [0, 0.1) is 19.3 Å². The maximum absolute atomic E-state index is 13.2. The predicted octanol–water partition coefficient (Wildman–Crippen LogP) is 4.72. The van der Waals surface area contributed by atoms with E-state index in [0.29, 0.717) is 5.56 Å². The van der Waals surface area contributed by atoms with Gasteiger partial charge in [0.15, 0.2) is 0 Å². The highest BCUT2D eigenvalue weighted by molar-refractivity contribution is 5.97. The fraction of sp³-hybridized carbons (Fsp3) is 0.304. The van der Waals surface area contributed by atoms with Gasteiger partial charge in [0.2, 0.25) is 5.91 Å². The van der Waals surface area contributed by atoms with E-state index in [9.17, 15) is 9.59 Å². The third-order valence-electron chi connectivity index (χ3n) is 4.70. The van der Waals surface area contributed by atoms with Crippen molar-refractivity contribution in [3.05, 3.63) is 75.6 Å². The highest BCUT2D eigenvalue weighted by Crippen LogP contribution is 2.28. The lowest BCUT2D eigenvalue weighted by atomic mass is 9.93. The molecule has 4 nitrogen and oxygen atoms in total. The monoisotopic (exact) mass is 362 g/mol. The van der Waals surface area contributed by atoms with Crippen molar-refractivity contribution in [2.45, 2.75) is 41.2 Å². The lowest BCUT2D eigenvalue weighted by molar-refractivity contribution is -0.125. The van der Waals surface area contributed by atoms with Gasteiger partial charge in [-0.25, -0.2) is 0 Å². The topological polar surface area (TPSA) is 53.2 Å². The highest BCUT2D eigenvalue weighted by Gasteiger charge is 2.29. The summed E-state index contributed by atoms with van der Waals surface area (Å²) in [5.74, 6) is -0.0104. The molecule has 3 aromatic rings. The lowest BCUT2D eigenvalue weighted by Crippen LogP contribution is -2.40. The van der Waals surface area contributed by atoms with Gasteiger partial charge in [0.05, 0.1) is 6.54 Å². The molecule has 140 valence electrons. The Morgan fingerprint density at radius 2 is 1.74 bits per heavy atom. The van der Waals surface area contributed by atoms with Gasteiger partial charge in [0.25, 0.3) is 5.56 Å². The Bertz CT molecular complexity index is 1060. The molecule has 0 aliphatic carbocycles. The van der Waals surface area contributed by atoms with Crippen molar-refractivity contribution in [2.75, 3.05) is 4.90 Å². The molecule has 0 atom stereocenters. The van der Waals surface area contributed by atoms with Gasteiger partial charge in [0.1, 0.15) is 0 Å². The summed E-state index contributed by atoms with van der Waals surface area (Å²) in [5, 5.41) is 0.955. The molecule has 27 heavy (non-hydrogen) atoms. The summed E-state index contributed by atoms with van der Waals surface area (Å²) in [6.07, 6.45) is 0. The van der Waals surface area contributed by atoms with Crippen LogP contribution in [0.1, 0.15) is 37.5 Å². The number of amides is 1. The van der Waals surface area contributed by atoms with E-state index in [-0.39, 0.29) is 18.0 Å². The molecule has 2 aromatic carbocycles. The zero-order valence-electron chi connectivity index (χ0n) is 16.6. The van der Waals surface area contributed by atoms with E-state index < -0.39 is 5.41 Å². The number of hydrogen-bond donors (Lipinski definition) is 1. The summed E-state index contributed by atoms with van der Waals surface area (Å²) in [5.41, 5.74) is 3.59. The molecule has 0 radical (unpaired) electrons. The minimum absolute atomic E-state index is 0.0104. The molecular formula is C23H26N2O2. The van der Waals surface area contributed by atoms with Crippen LogP contribution in [-0.2, 0) is 11.3 Å². The molecule has 1 amide bonds. The standard InChI is InChI=1S/C23H26N2O2/c1-15-10-11-16(2)20(12-15)25(22(27)23(3,4)5)14-18-13-17-8-6-7-9-19(17)24-21(18)26/h6-13H,14H2,1-5H3,(H,24,26). The van der Waals surface area contributed by atoms with Gasteiger partial charge < -0.3 is 9.88 Å². The Kier molecular flexibility index (Phi) is 4.92. The number of para-hydroxylation sites is 1. The number of fused-ring (bicyclic) bond motifs is 1. The van der Waals surface area contributed by atoms with Crippen LogP contribution in [0.25, 0.3) is 10.9 Å². The summed E-state index contributed by atoms with van der Waals surface area (Å²) in [6, 6.07) is 15.6. The molecule has 0 fully saturated rings. The number of anilines is 1. The largest absolute Gasteiger partial charge is 0.322 e. The average Bonchev–Trinajstić information content (AvgIpc) is 2.61. The van der Waals surface area contributed by atoms with Crippen LogP contribution < -0.4 is 10.5 Å². The molecule has 0 spiro atoms. The quantitative estimate of drug-likeness (QED) is 0.733. The number of aromatic amines is 1. The Morgan fingerprint density at radius 1 is 1.04 bits per heavy atom. The number of aromatic nitrogens is 1. The summed E-state index contributed by atoms with van der Waals surface area (Å²) in [7, 11) is 0. The van der Waals surface area contributed by atoms with Crippen molar-refractivity contribution >= 4 is 22.5 Å². The molecule has 1 aromatic heterocycles. The van der Waals surface area contributed by atoms with Gasteiger partial charge in [-0.1, -0.05) is 51.1 Å². The van der Waals surface area contributed by atoms with Crippen LogP contribution in [0.3, 0.4) is 0 Å². The average molecular weight is 362 g/mol. The van der Waals surface area contributed by atoms with Crippen molar-refractivity contribution in [1.82, 2.24) is 4.98 Å². The van der Waals surface area contributed by atoms with Crippen LogP contribution in [0.15, 0.2) is 53.3 Å². The Hall–Kier alpha value is -2.88. The molecule has 0 unspecified atom stereocenters. The van der Waals surface area contributed by atoms with Gasteiger partial charge in [-0.15, -0.1) is 0 Å². The van der Waals surface area contributed by atoms with Crippen LogP contribution in [0.5, 0.6) is 0 Å². The van der Waals surface area contributed by atoms with E-state index in [1.165, 1.54) is 0 Å². The van der Waals surface area contributed by atoms with Gasteiger partial charge in [-0.2, -0.15) is 0 Å². The second-order valence-corrected chi connectivity index (χ2v) is 8.14. The molecule has 1 heterocycles. The first kappa shape index (κ1) is 18.9. The maximum Gasteiger partial charge on any atom is 0.253 e. The van der Waals surface area contributed by atoms with E-state index in [1.807, 2.05) is 83.1 Å². The number of aryl methyl sites for hydroxylation is 2. The molecule has 3 rings (SSSR count). The number of carbonyl (C=O) groups excluding carboxylic acids is 1. The van der Waals surface area contributed by atoms with Crippen LogP contribution in [0.4, 0.5) is 5.69 Å². The third-order valence-corrected chi connectivity index (χ3v) is 4.70. The Balaban J connectivity index is 2.12. The van der Waals surface area contributed by atoms with Gasteiger partial charge in [-0.3, -0.25) is 9.59 Å². The van der Waals surface area contributed by atoms with Crippen molar-refractivity contribution in [3.8, 4) is 0 Å². The van der Waals surface area contributed by atoms with Crippen LogP contribution >= 0.6 is 0 Å². The normalized spacial score (nSPS) is 11.6. The molecule has 0 aliphatic rings. The van der Waals surface area contributed by atoms with E-state index >= 15 is 0 Å². The number of carbonyl (C=O) groups is 1. The minimum Gasteiger partial charge on any atom is -0.322 e. The van der Waals surface area contributed by atoms with Crippen molar-refractivity contribution in [1.29, 1.82) is 0 Å². The summed E-state index contributed by atoms with van der Waals surface area (Å²) >= 11 is 0. The first-order valence-electron chi connectivity index (χ1n) is 9.17. The van der Waals surface area contributed by atoms with Crippen LogP contribution in [-0.4, -0.2) is 10.9 Å². The van der Waals surface area contributed by atoms with E-state index in [2.05, 4.69) is 4.98 Å². The fourth-order valence-electron chi connectivity index (χ4n) is 3.16. The lowest BCUT2D eigenvalue weighted by Gasteiger charge is -2.31. The first-order valence-corrected chi connectivity index (χ1v) is 9.17. The van der Waals surface area contributed by atoms with E-state index in [0.717, 1.165) is 27.7 Å². The Labute approximate surface area is 159 Å². The second kappa shape index (κ2) is 7.03. The number of H-pyrrole nitrogens is 1. The number of hydrogen-bond acceptors (Lipinski definition) is 2. The molecular weight excluding hydrogens is 336 g/mol. The maximum atomic E-state index is 13.2. The fourth-order valence-corrected chi connectivity index (χ4v) is 3.16. The van der Waals surface area contributed by atoms with Crippen LogP contribution in [0.2, 0.25) is 0 Å². The zero-order valence-corrected chi connectivity index (χ0v) is 16.6. The molecule has 1 N–H and O–H groups in total. The van der Waals surface area contributed by atoms with Crippen molar-refractivity contribution < 1.29 is 4.79 Å². The third kappa shape index (κ3) is 3.95. The highest BCUT2D eigenvalue weighted by atomic mass is 16.2.